The molecule has 6 N–H and O–H groups in total. The van der Waals surface area contributed by atoms with Crippen molar-refractivity contribution in [2.75, 3.05) is 6.54 Å². The maximum absolute atomic E-state index is 7.34. The Labute approximate surface area is 78.5 Å². The second-order valence-electron chi connectivity index (χ2n) is 2.91. The molecule has 13 heavy (non-hydrogen) atoms. The van der Waals surface area contributed by atoms with Crippen LogP contribution in [0.2, 0.25) is 0 Å². The summed E-state index contributed by atoms with van der Waals surface area (Å²) in [5.41, 5.74) is 10.9. The summed E-state index contributed by atoms with van der Waals surface area (Å²) in [6.07, 6.45) is 2.48. The number of nitrogens with two attached hydrogens (primary N) is 2. The van der Waals surface area contributed by atoms with Crippen LogP contribution < -0.4 is 11.5 Å². The normalized spacial score (nSPS) is 12.2. The average molecular weight is 186 g/mol. The van der Waals surface area contributed by atoms with E-state index in [1.165, 1.54) is 6.92 Å². The first-order valence-corrected chi connectivity index (χ1v) is 4.35. The molecule has 0 aliphatic carbocycles. The minimum absolute atomic E-state index is 0.000671. The Bertz CT molecular complexity index is 181. The molecule has 0 saturated heterocycles. The summed E-state index contributed by atoms with van der Waals surface area (Å²) in [5, 5.41) is 14.3. The predicted octanol–water partition coefficient (Wildman–Crippen LogP) is 0.434. The standard InChI is InChI=1S/C8H18N4O/c1-6(10)13-8(12)7(11)4-2-3-5-9/h7,10,12H,2-5,9,11H2,1H3/t7-/m0/s1. The van der Waals surface area contributed by atoms with E-state index in [4.69, 9.17) is 27.0 Å². The van der Waals surface area contributed by atoms with Crippen molar-refractivity contribution < 1.29 is 4.74 Å². The van der Waals surface area contributed by atoms with E-state index in [0.717, 1.165) is 12.8 Å². The Kier molecular flexibility index (Phi) is 6.09. The van der Waals surface area contributed by atoms with Crippen LogP contribution in [0.3, 0.4) is 0 Å². The highest BCUT2D eigenvalue weighted by Gasteiger charge is 2.10. The molecule has 0 spiro atoms. The van der Waals surface area contributed by atoms with Gasteiger partial charge in [0.2, 0.25) is 5.90 Å². The van der Waals surface area contributed by atoms with E-state index < -0.39 is 6.04 Å². The van der Waals surface area contributed by atoms with Crippen LogP contribution in [0.5, 0.6) is 0 Å². The zero-order valence-electron chi connectivity index (χ0n) is 7.97. The Morgan fingerprint density at radius 1 is 1.38 bits per heavy atom. The van der Waals surface area contributed by atoms with Crippen molar-refractivity contribution >= 4 is 11.8 Å². The molecule has 0 aliphatic heterocycles. The topological polar surface area (TPSA) is 109 Å². The molecule has 0 radical (unpaired) electrons. The largest absolute Gasteiger partial charge is 0.428 e. The van der Waals surface area contributed by atoms with E-state index >= 15 is 0 Å². The van der Waals surface area contributed by atoms with Gasteiger partial charge in [-0.25, -0.2) is 0 Å². The molecule has 5 nitrogen and oxygen atoms in total. The second kappa shape index (κ2) is 6.56. The van der Waals surface area contributed by atoms with E-state index in [0.29, 0.717) is 13.0 Å². The summed E-state index contributed by atoms with van der Waals surface area (Å²) < 4.78 is 4.75. The minimum atomic E-state index is -0.410. The smallest absolute Gasteiger partial charge is 0.205 e. The van der Waals surface area contributed by atoms with Crippen LogP contribution in [-0.4, -0.2) is 24.4 Å². The van der Waals surface area contributed by atoms with Crippen LogP contribution in [0.1, 0.15) is 26.2 Å². The van der Waals surface area contributed by atoms with Gasteiger partial charge in [0, 0.05) is 6.92 Å². The van der Waals surface area contributed by atoms with Gasteiger partial charge in [-0.3, -0.25) is 10.8 Å². The Morgan fingerprint density at radius 3 is 2.46 bits per heavy atom. The summed E-state index contributed by atoms with van der Waals surface area (Å²) in [7, 11) is 0. The molecular formula is C8H18N4O. The van der Waals surface area contributed by atoms with Crippen molar-refractivity contribution in [1.82, 2.24) is 0 Å². The molecule has 0 fully saturated rings. The summed E-state index contributed by atoms with van der Waals surface area (Å²) in [6, 6.07) is -0.410. The van der Waals surface area contributed by atoms with Crippen molar-refractivity contribution in [2.24, 2.45) is 11.5 Å². The lowest BCUT2D eigenvalue weighted by Crippen LogP contribution is -2.32. The molecule has 0 bridgehead atoms. The Hall–Kier alpha value is -0.940. The van der Waals surface area contributed by atoms with Gasteiger partial charge in [0.1, 0.15) is 0 Å². The van der Waals surface area contributed by atoms with Gasteiger partial charge < -0.3 is 16.2 Å². The summed E-state index contributed by atoms with van der Waals surface area (Å²) in [5.74, 6) is -0.0382. The van der Waals surface area contributed by atoms with Crippen LogP contribution in [0.15, 0.2) is 0 Å². The van der Waals surface area contributed by atoms with E-state index in [2.05, 4.69) is 0 Å². The van der Waals surface area contributed by atoms with Crippen LogP contribution >= 0.6 is 0 Å². The van der Waals surface area contributed by atoms with Crippen molar-refractivity contribution in [1.29, 1.82) is 10.8 Å². The van der Waals surface area contributed by atoms with Crippen LogP contribution in [0.25, 0.3) is 0 Å². The molecule has 0 amide bonds. The van der Waals surface area contributed by atoms with Crippen molar-refractivity contribution in [2.45, 2.75) is 32.2 Å². The first kappa shape index (κ1) is 12.1. The highest BCUT2D eigenvalue weighted by atomic mass is 16.5. The molecule has 76 valence electrons. The van der Waals surface area contributed by atoms with Gasteiger partial charge >= 0.3 is 0 Å². The number of nitrogens with one attached hydrogen (secondary N) is 2. The zero-order valence-corrected chi connectivity index (χ0v) is 7.97. The molecule has 0 saturated carbocycles. The van der Waals surface area contributed by atoms with Gasteiger partial charge in [-0.05, 0) is 19.4 Å². The number of rotatable bonds is 5. The minimum Gasteiger partial charge on any atom is -0.428 e. The average Bonchev–Trinajstić information content (AvgIpc) is 2.03. The molecule has 0 aromatic heterocycles. The predicted molar refractivity (Wildman–Crippen MR) is 53.1 cm³/mol. The van der Waals surface area contributed by atoms with Crippen molar-refractivity contribution in [3.8, 4) is 0 Å². The first-order valence-electron chi connectivity index (χ1n) is 4.35. The molecule has 1 atom stereocenters. The zero-order chi connectivity index (χ0) is 10.3. The third-order valence-corrected chi connectivity index (χ3v) is 1.57. The maximum atomic E-state index is 7.34. The van der Waals surface area contributed by atoms with Gasteiger partial charge in [-0.1, -0.05) is 6.42 Å². The summed E-state index contributed by atoms with van der Waals surface area (Å²) in [4.78, 5) is 0. The molecule has 0 unspecified atom stereocenters. The molecule has 0 aromatic carbocycles. The van der Waals surface area contributed by atoms with E-state index in [1.54, 1.807) is 0 Å². The highest BCUT2D eigenvalue weighted by molar-refractivity contribution is 5.90. The van der Waals surface area contributed by atoms with Gasteiger partial charge in [-0.2, -0.15) is 0 Å². The summed E-state index contributed by atoms with van der Waals surface area (Å²) >= 11 is 0. The lowest BCUT2D eigenvalue weighted by atomic mass is 10.1. The maximum Gasteiger partial charge on any atom is 0.205 e. The van der Waals surface area contributed by atoms with Gasteiger partial charge in [-0.15, -0.1) is 0 Å². The van der Waals surface area contributed by atoms with E-state index in [9.17, 15) is 0 Å². The van der Waals surface area contributed by atoms with E-state index in [-0.39, 0.29) is 11.8 Å². The fourth-order valence-corrected chi connectivity index (χ4v) is 0.880. The van der Waals surface area contributed by atoms with Gasteiger partial charge in [0.05, 0.1) is 6.04 Å². The second-order valence-corrected chi connectivity index (χ2v) is 2.91. The quantitative estimate of drug-likeness (QED) is 0.284. The molecule has 0 heterocycles. The lowest BCUT2D eigenvalue weighted by molar-refractivity contribution is 0.481. The third-order valence-electron chi connectivity index (χ3n) is 1.57. The fraction of sp³-hybridized carbons (Fsp3) is 0.750. The number of hydrogen-bond acceptors (Lipinski definition) is 5. The monoisotopic (exact) mass is 186 g/mol. The van der Waals surface area contributed by atoms with Gasteiger partial charge in [0.15, 0.2) is 5.90 Å². The molecule has 5 heteroatoms. The molecular weight excluding hydrogens is 168 g/mol. The van der Waals surface area contributed by atoms with Crippen LogP contribution in [0, 0.1) is 10.8 Å². The molecule has 0 aliphatic rings. The van der Waals surface area contributed by atoms with Crippen LogP contribution in [-0.2, 0) is 4.74 Å². The number of hydrogen-bond donors (Lipinski definition) is 4. The fourth-order valence-electron chi connectivity index (χ4n) is 0.880. The first-order chi connectivity index (χ1) is 6.07. The van der Waals surface area contributed by atoms with E-state index in [1.807, 2.05) is 0 Å². The molecule has 0 rings (SSSR count). The Balaban J connectivity index is 3.63. The SMILES string of the molecule is CC(=N)OC(=N)[C@@H](N)CCCCN. The van der Waals surface area contributed by atoms with Gasteiger partial charge in [0.25, 0.3) is 0 Å². The van der Waals surface area contributed by atoms with Crippen molar-refractivity contribution in [3.63, 3.8) is 0 Å². The molecule has 0 aromatic rings. The summed E-state index contributed by atoms with van der Waals surface area (Å²) in [6.45, 7) is 2.12. The third kappa shape index (κ3) is 6.24. The Morgan fingerprint density at radius 2 is 2.00 bits per heavy atom. The lowest BCUT2D eigenvalue weighted by Gasteiger charge is -2.12. The highest BCUT2D eigenvalue weighted by Crippen LogP contribution is 2.00. The number of unbranched alkanes of at least 4 members (excludes halogenated alkanes) is 1. The van der Waals surface area contributed by atoms with Crippen molar-refractivity contribution in [3.05, 3.63) is 0 Å². The number of ether oxygens (including phenoxy) is 1. The van der Waals surface area contributed by atoms with Crippen LogP contribution in [0.4, 0.5) is 0 Å².